The van der Waals surface area contributed by atoms with Gasteiger partial charge < -0.3 is 20.7 Å². The Hall–Kier alpha value is -1.77. The smallest absolute Gasteiger partial charge is 0.167 e. The normalized spacial score (nSPS) is 31.1. The van der Waals surface area contributed by atoms with Crippen molar-refractivity contribution in [1.29, 1.82) is 0 Å². The Bertz CT molecular complexity index is 601. The molecule has 3 rings (SSSR count). The third kappa shape index (κ3) is 1.76. The number of nitrogens with two attached hydrogens (primary N) is 1. The van der Waals surface area contributed by atoms with Crippen molar-refractivity contribution in [3.63, 3.8) is 0 Å². The summed E-state index contributed by atoms with van der Waals surface area (Å²) in [5.74, 6) is 0.267. The average Bonchev–Trinajstić information content (AvgIpc) is 2.94. The van der Waals surface area contributed by atoms with Gasteiger partial charge in [-0.1, -0.05) is 6.92 Å². The Morgan fingerprint density at radius 2 is 2.11 bits per heavy atom. The van der Waals surface area contributed by atoms with Crippen LogP contribution in [-0.2, 0) is 4.74 Å². The second-order valence-electron chi connectivity index (χ2n) is 4.54. The Morgan fingerprint density at radius 1 is 1.32 bits per heavy atom. The van der Waals surface area contributed by atoms with Crippen molar-refractivity contribution in [2.45, 2.75) is 37.9 Å². The number of nitrogens with zero attached hydrogens (tertiary/aromatic N) is 4. The van der Waals surface area contributed by atoms with Crippen molar-refractivity contribution in [2.24, 2.45) is 0 Å². The lowest BCUT2D eigenvalue weighted by molar-refractivity contribution is -0.0355. The molecule has 3 heterocycles. The average molecular weight is 265 g/mol. The molecule has 8 nitrogen and oxygen atoms in total. The number of aromatic nitrogens is 4. The number of hydrogen-bond acceptors (Lipinski definition) is 7. The van der Waals surface area contributed by atoms with Crippen LogP contribution in [0.5, 0.6) is 0 Å². The molecule has 0 bridgehead atoms. The van der Waals surface area contributed by atoms with E-state index in [1.807, 2.05) is 6.92 Å². The number of aliphatic hydroxyl groups is 2. The molecule has 0 radical (unpaired) electrons. The lowest BCUT2D eigenvalue weighted by Gasteiger charge is -2.16. The Kier molecular flexibility index (Phi) is 2.85. The molecule has 0 spiro atoms. The SMILES string of the molecule is CC[C@@H]1O[C@H](n2cnc3c(N)ncnc32)C(O)[C@@H]1O. The van der Waals surface area contributed by atoms with Crippen LogP contribution >= 0.6 is 0 Å². The highest BCUT2D eigenvalue weighted by Gasteiger charge is 2.43. The van der Waals surface area contributed by atoms with E-state index in [0.29, 0.717) is 17.6 Å². The van der Waals surface area contributed by atoms with E-state index in [2.05, 4.69) is 15.0 Å². The van der Waals surface area contributed by atoms with Gasteiger partial charge in [-0.05, 0) is 6.42 Å². The van der Waals surface area contributed by atoms with Crippen LogP contribution in [0.25, 0.3) is 11.2 Å². The number of anilines is 1. The molecule has 2 aromatic heterocycles. The second-order valence-corrected chi connectivity index (χ2v) is 4.54. The molecular formula is C11H15N5O3. The minimum atomic E-state index is -1.03. The highest BCUT2D eigenvalue weighted by atomic mass is 16.6. The van der Waals surface area contributed by atoms with Crippen molar-refractivity contribution in [2.75, 3.05) is 5.73 Å². The molecule has 2 aromatic rings. The Labute approximate surface area is 108 Å². The molecule has 19 heavy (non-hydrogen) atoms. The molecule has 1 saturated heterocycles. The Morgan fingerprint density at radius 3 is 2.79 bits per heavy atom. The van der Waals surface area contributed by atoms with Gasteiger partial charge in [0.25, 0.3) is 0 Å². The van der Waals surface area contributed by atoms with Crippen molar-refractivity contribution >= 4 is 17.0 Å². The Balaban J connectivity index is 2.04. The summed E-state index contributed by atoms with van der Waals surface area (Å²) in [6.07, 6.45) is 0.332. The van der Waals surface area contributed by atoms with E-state index < -0.39 is 24.5 Å². The number of imidazole rings is 1. The van der Waals surface area contributed by atoms with Gasteiger partial charge in [-0.25, -0.2) is 15.0 Å². The van der Waals surface area contributed by atoms with Gasteiger partial charge in [0.2, 0.25) is 0 Å². The van der Waals surface area contributed by atoms with Crippen molar-refractivity contribution in [3.05, 3.63) is 12.7 Å². The summed E-state index contributed by atoms with van der Waals surface area (Å²) in [4.78, 5) is 12.1. The van der Waals surface area contributed by atoms with E-state index in [1.54, 1.807) is 4.57 Å². The number of ether oxygens (including phenoxy) is 1. The predicted molar refractivity (Wildman–Crippen MR) is 66.0 cm³/mol. The molecule has 0 saturated carbocycles. The first kappa shape index (κ1) is 12.3. The van der Waals surface area contributed by atoms with E-state index in [-0.39, 0.29) is 5.82 Å². The number of rotatable bonds is 2. The van der Waals surface area contributed by atoms with Gasteiger partial charge in [0.15, 0.2) is 17.7 Å². The standard InChI is InChI=1S/C11H15N5O3/c1-2-5-7(17)8(18)11(19-5)16-4-15-6-9(12)13-3-14-10(6)16/h3-5,7-8,11,17-18H,2H2,1H3,(H2,12,13,14)/t5-,7+,8?,11-/m0/s1. The lowest BCUT2D eigenvalue weighted by Crippen LogP contribution is -2.31. The summed E-state index contributed by atoms with van der Waals surface area (Å²) in [7, 11) is 0. The quantitative estimate of drug-likeness (QED) is 0.665. The lowest BCUT2D eigenvalue weighted by atomic mass is 10.1. The van der Waals surface area contributed by atoms with Gasteiger partial charge in [0.05, 0.1) is 12.4 Å². The van der Waals surface area contributed by atoms with Crippen LogP contribution in [0, 0.1) is 0 Å². The maximum atomic E-state index is 10.1. The van der Waals surface area contributed by atoms with Gasteiger partial charge in [-0.2, -0.15) is 0 Å². The van der Waals surface area contributed by atoms with Crippen LogP contribution in [0.3, 0.4) is 0 Å². The highest BCUT2D eigenvalue weighted by molar-refractivity contribution is 5.81. The first-order valence-electron chi connectivity index (χ1n) is 6.08. The molecule has 4 N–H and O–H groups in total. The number of hydrogen-bond donors (Lipinski definition) is 3. The zero-order valence-corrected chi connectivity index (χ0v) is 10.3. The van der Waals surface area contributed by atoms with Gasteiger partial charge in [0, 0.05) is 0 Å². The fourth-order valence-corrected chi connectivity index (χ4v) is 2.35. The molecule has 0 aliphatic carbocycles. The predicted octanol–water partition coefficient (Wildman–Crippen LogP) is -0.562. The van der Waals surface area contributed by atoms with Gasteiger partial charge in [-0.15, -0.1) is 0 Å². The van der Waals surface area contributed by atoms with E-state index >= 15 is 0 Å². The molecular weight excluding hydrogens is 250 g/mol. The topological polar surface area (TPSA) is 119 Å². The molecule has 4 atom stereocenters. The monoisotopic (exact) mass is 265 g/mol. The molecule has 1 aliphatic rings. The summed E-state index contributed by atoms with van der Waals surface area (Å²) in [5, 5.41) is 19.9. The summed E-state index contributed by atoms with van der Waals surface area (Å²) < 4.78 is 7.22. The maximum Gasteiger partial charge on any atom is 0.167 e. The maximum absolute atomic E-state index is 10.1. The van der Waals surface area contributed by atoms with Crippen LogP contribution in [0.2, 0.25) is 0 Å². The van der Waals surface area contributed by atoms with Gasteiger partial charge >= 0.3 is 0 Å². The zero-order chi connectivity index (χ0) is 13.6. The number of fused-ring (bicyclic) bond motifs is 1. The van der Waals surface area contributed by atoms with Crippen LogP contribution < -0.4 is 5.73 Å². The third-order valence-corrected chi connectivity index (χ3v) is 3.40. The van der Waals surface area contributed by atoms with E-state index in [4.69, 9.17) is 10.5 Å². The third-order valence-electron chi connectivity index (χ3n) is 3.40. The number of aliphatic hydroxyl groups excluding tert-OH is 2. The highest BCUT2D eigenvalue weighted by Crippen LogP contribution is 2.32. The van der Waals surface area contributed by atoms with Crippen LogP contribution in [0.15, 0.2) is 12.7 Å². The molecule has 1 aliphatic heterocycles. The molecule has 0 amide bonds. The van der Waals surface area contributed by atoms with Crippen molar-refractivity contribution in [1.82, 2.24) is 19.5 Å². The second kappa shape index (κ2) is 4.41. The summed E-state index contributed by atoms with van der Waals surface area (Å²) >= 11 is 0. The first-order chi connectivity index (χ1) is 9.13. The largest absolute Gasteiger partial charge is 0.388 e. The molecule has 102 valence electrons. The van der Waals surface area contributed by atoms with E-state index in [9.17, 15) is 10.2 Å². The van der Waals surface area contributed by atoms with Crippen LogP contribution in [0.4, 0.5) is 5.82 Å². The summed E-state index contributed by atoms with van der Waals surface area (Å²) in [5.41, 5.74) is 6.63. The molecule has 1 fully saturated rings. The fraction of sp³-hybridized carbons (Fsp3) is 0.545. The van der Waals surface area contributed by atoms with E-state index in [1.165, 1.54) is 12.7 Å². The minimum absolute atomic E-state index is 0.267. The molecule has 1 unspecified atom stereocenters. The first-order valence-corrected chi connectivity index (χ1v) is 6.08. The van der Waals surface area contributed by atoms with Crippen LogP contribution in [-0.4, -0.2) is 48.0 Å². The summed E-state index contributed by atoms with van der Waals surface area (Å²) in [6, 6.07) is 0. The molecule has 0 aromatic carbocycles. The summed E-state index contributed by atoms with van der Waals surface area (Å²) in [6.45, 7) is 1.88. The van der Waals surface area contributed by atoms with Gasteiger partial charge in [0.1, 0.15) is 24.1 Å². The fourth-order valence-electron chi connectivity index (χ4n) is 2.35. The number of nitrogen functional groups attached to an aromatic ring is 1. The van der Waals surface area contributed by atoms with Crippen molar-refractivity contribution in [3.8, 4) is 0 Å². The molecule has 8 heteroatoms. The van der Waals surface area contributed by atoms with E-state index in [0.717, 1.165) is 0 Å². The van der Waals surface area contributed by atoms with Gasteiger partial charge in [-0.3, -0.25) is 4.57 Å². The zero-order valence-electron chi connectivity index (χ0n) is 10.3. The van der Waals surface area contributed by atoms with Crippen LogP contribution in [0.1, 0.15) is 19.6 Å². The van der Waals surface area contributed by atoms with Crippen molar-refractivity contribution < 1.29 is 14.9 Å². The minimum Gasteiger partial charge on any atom is -0.388 e.